The first-order chi connectivity index (χ1) is 21.9. The minimum absolute atomic E-state index is 0.0322. The molecule has 5 aliphatic rings. The molecule has 2 heterocycles. The van der Waals surface area contributed by atoms with Crippen LogP contribution in [-0.4, -0.2) is 61.0 Å². The van der Waals surface area contributed by atoms with E-state index in [4.69, 9.17) is 4.74 Å². The number of pyridine rings is 1. The molecule has 2 aromatic carbocycles. The topological polar surface area (TPSA) is 74.8 Å². The summed E-state index contributed by atoms with van der Waals surface area (Å²) >= 11 is 0. The Kier molecular flexibility index (Phi) is 8.23. The summed E-state index contributed by atoms with van der Waals surface area (Å²) in [4.78, 5) is 34.8. The largest absolute Gasteiger partial charge is 0.494 e. The molecule has 1 N–H and O–H groups in total. The Bertz CT molecular complexity index is 1580. The van der Waals surface area contributed by atoms with E-state index in [1.807, 2.05) is 66.4 Å². The van der Waals surface area contributed by atoms with Crippen molar-refractivity contribution in [3.05, 3.63) is 89.2 Å². The van der Waals surface area contributed by atoms with Crippen molar-refractivity contribution < 1.29 is 14.3 Å². The highest BCUT2D eigenvalue weighted by Crippen LogP contribution is 2.59. The monoisotopic (exact) mass is 602 g/mol. The van der Waals surface area contributed by atoms with Crippen molar-refractivity contribution in [2.45, 2.75) is 45.4 Å². The third-order valence-corrected chi connectivity index (χ3v) is 10.3. The van der Waals surface area contributed by atoms with Gasteiger partial charge in [0.2, 0.25) is 0 Å². The van der Waals surface area contributed by atoms with Crippen LogP contribution in [0.15, 0.2) is 67.0 Å². The molecular formula is C38H42N4O3. The van der Waals surface area contributed by atoms with E-state index in [2.05, 4.69) is 27.0 Å². The second-order valence-corrected chi connectivity index (χ2v) is 13.6. The summed E-state index contributed by atoms with van der Waals surface area (Å²) in [6, 6.07) is 17.4. The maximum absolute atomic E-state index is 13.3. The van der Waals surface area contributed by atoms with Crippen molar-refractivity contribution in [1.82, 2.24) is 15.2 Å². The average Bonchev–Trinajstić information content (AvgIpc) is 3.06. The molecule has 0 radical (unpaired) electrons. The number of amides is 2. The quantitative estimate of drug-likeness (QED) is 0.347. The number of nitrogens with one attached hydrogen (secondary N) is 1. The minimum Gasteiger partial charge on any atom is -0.494 e. The molecule has 1 saturated heterocycles. The van der Waals surface area contributed by atoms with Gasteiger partial charge in [-0.2, -0.15) is 0 Å². The number of piperazine rings is 1. The Morgan fingerprint density at radius 2 is 1.56 bits per heavy atom. The fourth-order valence-corrected chi connectivity index (χ4v) is 8.65. The van der Waals surface area contributed by atoms with Gasteiger partial charge < -0.3 is 19.9 Å². The third kappa shape index (κ3) is 6.56. The number of ether oxygens (including phenoxy) is 1. The van der Waals surface area contributed by atoms with Crippen LogP contribution < -0.4 is 15.0 Å². The van der Waals surface area contributed by atoms with Gasteiger partial charge in [-0.1, -0.05) is 17.9 Å². The van der Waals surface area contributed by atoms with Crippen LogP contribution >= 0.6 is 0 Å². The molecule has 0 spiro atoms. The molecule has 4 bridgehead atoms. The Morgan fingerprint density at radius 3 is 2.24 bits per heavy atom. The Labute approximate surface area is 266 Å². The van der Waals surface area contributed by atoms with E-state index in [1.54, 1.807) is 12.4 Å². The molecule has 7 nitrogen and oxygen atoms in total. The molecule has 0 atom stereocenters. The van der Waals surface area contributed by atoms with Gasteiger partial charge >= 0.3 is 0 Å². The van der Waals surface area contributed by atoms with Crippen LogP contribution in [0.5, 0.6) is 5.75 Å². The van der Waals surface area contributed by atoms with Crippen molar-refractivity contribution in [3.8, 4) is 17.6 Å². The summed E-state index contributed by atoms with van der Waals surface area (Å²) < 4.78 is 5.56. The molecule has 2 amide bonds. The standard InChI is InChI=1S/C38H42N4O3/c1-2-45-35-5-3-4-27(20-35)6-7-28-19-33(25-39-24-28)37(44)42-14-12-41(13-15-42)34-10-8-32(9-11-34)36(43)40-26-38-21-29-16-30(22-38)18-31(17-29)23-38/h3-5,8-11,19-20,24-25,29-31H,2,12-18,21-23,26H2,1H3,(H,40,43). The van der Waals surface area contributed by atoms with Gasteiger partial charge in [0.25, 0.3) is 11.8 Å². The number of carbonyl (C=O) groups excluding carboxylic acids is 2. The van der Waals surface area contributed by atoms with E-state index in [-0.39, 0.29) is 11.8 Å². The van der Waals surface area contributed by atoms with Crippen LogP contribution in [0, 0.1) is 35.0 Å². The zero-order valence-corrected chi connectivity index (χ0v) is 26.1. The normalized spacial score (nSPS) is 25.0. The molecular weight excluding hydrogens is 560 g/mol. The number of nitrogens with zero attached hydrogens (tertiary/aromatic N) is 3. The van der Waals surface area contributed by atoms with Crippen LogP contribution in [0.2, 0.25) is 0 Å². The van der Waals surface area contributed by atoms with Gasteiger partial charge in [-0.05, 0) is 117 Å². The molecule has 1 aliphatic heterocycles. The van der Waals surface area contributed by atoms with Gasteiger partial charge in [-0.3, -0.25) is 14.6 Å². The van der Waals surface area contributed by atoms with E-state index < -0.39 is 0 Å². The Balaban J connectivity index is 0.913. The second-order valence-electron chi connectivity index (χ2n) is 13.6. The number of anilines is 1. The predicted octanol–water partition coefficient (Wildman–Crippen LogP) is 5.79. The summed E-state index contributed by atoms with van der Waals surface area (Å²) in [5.41, 5.74) is 4.22. The van der Waals surface area contributed by atoms with Crippen molar-refractivity contribution in [3.63, 3.8) is 0 Å². The molecule has 8 rings (SSSR count). The third-order valence-electron chi connectivity index (χ3n) is 10.3. The first kappa shape index (κ1) is 29.4. The summed E-state index contributed by atoms with van der Waals surface area (Å²) in [5.74, 6) is 9.73. The number of hydrogen-bond donors (Lipinski definition) is 1. The minimum atomic E-state index is -0.0322. The van der Waals surface area contributed by atoms with E-state index in [1.165, 1.54) is 38.5 Å². The van der Waals surface area contributed by atoms with Gasteiger partial charge in [0.05, 0.1) is 12.2 Å². The number of carbonyl (C=O) groups is 2. The summed E-state index contributed by atoms with van der Waals surface area (Å²) in [5, 5.41) is 3.30. The fourth-order valence-electron chi connectivity index (χ4n) is 8.65. The zero-order valence-electron chi connectivity index (χ0n) is 26.1. The highest BCUT2D eigenvalue weighted by Gasteiger charge is 2.50. The Morgan fingerprint density at radius 1 is 0.867 bits per heavy atom. The molecule has 4 aliphatic carbocycles. The lowest BCUT2D eigenvalue weighted by Gasteiger charge is -2.56. The molecule has 45 heavy (non-hydrogen) atoms. The van der Waals surface area contributed by atoms with Crippen molar-refractivity contribution >= 4 is 17.5 Å². The highest BCUT2D eigenvalue weighted by atomic mass is 16.5. The van der Waals surface area contributed by atoms with E-state index in [9.17, 15) is 9.59 Å². The van der Waals surface area contributed by atoms with E-state index in [0.717, 1.165) is 60.0 Å². The van der Waals surface area contributed by atoms with Gasteiger partial charge in [-0.15, -0.1) is 0 Å². The maximum atomic E-state index is 13.3. The molecule has 0 unspecified atom stereocenters. The SMILES string of the molecule is CCOc1cccc(C#Cc2cncc(C(=O)N3CCN(c4ccc(C(=O)NCC56CC7CC(CC(C7)C5)C6)cc4)CC3)c2)c1. The number of benzene rings is 2. The first-order valence-electron chi connectivity index (χ1n) is 16.6. The van der Waals surface area contributed by atoms with E-state index in [0.29, 0.717) is 36.2 Å². The molecule has 1 aromatic heterocycles. The maximum Gasteiger partial charge on any atom is 0.255 e. The molecule has 7 heteroatoms. The number of rotatable bonds is 7. The van der Waals surface area contributed by atoms with E-state index >= 15 is 0 Å². The lowest BCUT2D eigenvalue weighted by molar-refractivity contribution is -0.0503. The van der Waals surface area contributed by atoms with Crippen LogP contribution in [-0.2, 0) is 0 Å². The van der Waals surface area contributed by atoms with Crippen molar-refractivity contribution in [1.29, 1.82) is 0 Å². The molecule has 4 saturated carbocycles. The molecule has 3 aromatic rings. The lowest BCUT2D eigenvalue weighted by atomic mass is 9.49. The summed E-state index contributed by atoms with van der Waals surface area (Å²) in [7, 11) is 0. The molecule has 232 valence electrons. The lowest BCUT2D eigenvalue weighted by Crippen LogP contribution is -2.51. The average molecular weight is 603 g/mol. The molecule has 5 fully saturated rings. The fraction of sp³-hybridized carbons (Fsp3) is 0.447. The Hall–Kier alpha value is -4.31. The smallest absolute Gasteiger partial charge is 0.255 e. The van der Waals surface area contributed by atoms with Gasteiger partial charge in [0.15, 0.2) is 0 Å². The van der Waals surface area contributed by atoms with Crippen LogP contribution in [0.4, 0.5) is 5.69 Å². The zero-order chi connectivity index (χ0) is 30.8. The van der Waals surface area contributed by atoms with Crippen molar-refractivity contribution in [2.75, 3.05) is 44.2 Å². The van der Waals surface area contributed by atoms with Crippen LogP contribution in [0.1, 0.15) is 77.3 Å². The second kappa shape index (κ2) is 12.6. The predicted molar refractivity (Wildman–Crippen MR) is 175 cm³/mol. The van der Waals surface area contributed by atoms with Crippen LogP contribution in [0.3, 0.4) is 0 Å². The number of hydrogen-bond acceptors (Lipinski definition) is 5. The van der Waals surface area contributed by atoms with Gasteiger partial charge in [0.1, 0.15) is 5.75 Å². The summed E-state index contributed by atoms with van der Waals surface area (Å²) in [6.45, 7) is 6.07. The van der Waals surface area contributed by atoms with Gasteiger partial charge in [-0.25, -0.2) is 0 Å². The van der Waals surface area contributed by atoms with Crippen molar-refractivity contribution in [2.24, 2.45) is 23.2 Å². The first-order valence-corrected chi connectivity index (χ1v) is 16.6. The van der Waals surface area contributed by atoms with Gasteiger partial charge in [0, 0.05) is 67.5 Å². The summed E-state index contributed by atoms with van der Waals surface area (Å²) in [6.07, 6.45) is 11.4. The highest BCUT2D eigenvalue weighted by molar-refractivity contribution is 5.95. The van der Waals surface area contributed by atoms with Crippen LogP contribution in [0.25, 0.3) is 0 Å². The number of aromatic nitrogens is 1.